The van der Waals surface area contributed by atoms with E-state index in [0.29, 0.717) is 18.1 Å². The normalized spacial score (nSPS) is 16.7. The molecule has 1 aliphatic heterocycles. The molecule has 0 unspecified atom stereocenters. The van der Waals surface area contributed by atoms with Crippen molar-refractivity contribution in [2.45, 2.75) is 38.1 Å². The molecule has 34 heavy (non-hydrogen) atoms. The summed E-state index contributed by atoms with van der Waals surface area (Å²) in [6.45, 7) is 3.16. The summed E-state index contributed by atoms with van der Waals surface area (Å²) in [6, 6.07) is 12.7. The number of aliphatic hydroxyl groups is 1. The van der Waals surface area contributed by atoms with Crippen molar-refractivity contribution in [3.8, 4) is 10.4 Å². The van der Waals surface area contributed by atoms with Crippen LogP contribution in [0.15, 0.2) is 61.2 Å². The summed E-state index contributed by atoms with van der Waals surface area (Å²) in [5.74, 6) is -1.47. The topological polar surface area (TPSA) is 54.2 Å². The van der Waals surface area contributed by atoms with E-state index in [0.717, 1.165) is 22.9 Å². The van der Waals surface area contributed by atoms with Crippen molar-refractivity contribution in [2.24, 2.45) is 0 Å². The third-order valence-corrected chi connectivity index (χ3v) is 8.03. The van der Waals surface area contributed by atoms with Gasteiger partial charge in [0.15, 0.2) is 0 Å². The molecule has 0 aliphatic carbocycles. The average molecular weight is 501 g/mol. The number of hydrogen-bond donors (Lipinski definition) is 1. The molecule has 0 bridgehead atoms. The molecule has 5 nitrogen and oxygen atoms in total. The van der Waals surface area contributed by atoms with Gasteiger partial charge in [-0.2, -0.15) is 5.10 Å². The van der Waals surface area contributed by atoms with Crippen LogP contribution in [0.1, 0.15) is 22.9 Å². The first-order valence-corrected chi connectivity index (χ1v) is 12.1. The van der Waals surface area contributed by atoms with E-state index >= 15 is 0 Å². The standard InChI is InChI=1S/C25H23ClF2N4OS/c1-16(25(33,13-32-15-29-14-30-32)21-6-5-20(27)11-22(21)28)31-8-7-23-18(12-31)10-24(34-23)17-3-2-4-19(26)9-17/h2-6,9-11,14-16,33H,7-8,12-13H2,1H3/t16-,25-/m1/s1. The first kappa shape index (κ1) is 23.1. The fraction of sp³-hybridized carbons (Fsp3) is 0.280. The van der Waals surface area contributed by atoms with E-state index in [4.69, 9.17) is 11.6 Å². The lowest BCUT2D eigenvalue weighted by Crippen LogP contribution is -2.53. The van der Waals surface area contributed by atoms with E-state index in [2.05, 4.69) is 21.0 Å². The Morgan fingerprint density at radius 1 is 1.21 bits per heavy atom. The Balaban J connectivity index is 1.46. The van der Waals surface area contributed by atoms with Crippen molar-refractivity contribution in [1.29, 1.82) is 0 Å². The van der Waals surface area contributed by atoms with Gasteiger partial charge in [0.1, 0.15) is 29.9 Å². The van der Waals surface area contributed by atoms with Crippen LogP contribution in [-0.2, 0) is 25.1 Å². The van der Waals surface area contributed by atoms with Gasteiger partial charge in [0.05, 0.1) is 6.54 Å². The van der Waals surface area contributed by atoms with Crippen LogP contribution in [0.4, 0.5) is 8.78 Å². The molecule has 2 aromatic heterocycles. The molecule has 0 amide bonds. The van der Waals surface area contributed by atoms with Crippen LogP contribution >= 0.6 is 22.9 Å². The second kappa shape index (κ2) is 9.19. The van der Waals surface area contributed by atoms with E-state index in [1.807, 2.05) is 31.2 Å². The van der Waals surface area contributed by atoms with Crippen molar-refractivity contribution in [3.05, 3.63) is 93.8 Å². The summed E-state index contributed by atoms with van der Waals surface area (Å²) in [7, 11) is 0. The van der Waals surface area contributed by atoms with Gasteiger partial charge in [0.25, 0.3) is 0 Å². The van der Waals surface area contributed by atoms with Crippen molar-refractivity contribution >= 4 is 22.9 Å². The van der Waals surface area contributed by atoms with Crippen molar-refractivity contribution in [3.63, 3.8) is 0 Å². The molecule has 0 fully saturated rings. The molecule has 2 aromatic carbocycles. The smallest absolute Gasteiger partial charge is 0.137 e. The lowest BCUT2D eigenvalue weighted by molar-refractivity contribution is -0.0675. The molecule has 0 radical (unpaired) electrons. The number of aromatic nitrogens is 3. The van der Waals surface area contributed by atoms with Gasteiger partial charge < -0.3 is 5.11 Å². The van der Waals surface area contributed by atoms with Gasteiger partial charge in [0.2, 0.25) is 0 Å². The third kappa shape index (κ3) is 4.38. The van der Waals surface area contributed by atoms with Gasteiger partial charge >= 0.3 is 0 Å². The zero-order chi connectivity index (χ0) is 23.9. The number of halogens is 3. The molecule has 4 aromatic rings. The van der Waals surface area contributed by atoms with Crippen LogP contribution in [-0.4, -0.2) is 37.4 Å². The van der Waals surface area contributed by atoms with Crippen LogP contribution in [0.5, 0.6) is 0 Å². The summed E-state index contributed by atoms with van der Waals surface area (Å²) in [4.78, 5) is 8.52. The summed E-state index contributed by atoms with van der Waals surface area (Å²) < 4.78 is 30.0. The SMILES string of the molecule is C[C@@H](N1CCc2sc(-c3cccc(Cl)c3)cc2C1)[C@](O)(Cn1cncn1)c1ccc(F)cc1F. The molecule has 9 heteroatoms. The quantitative estimate of drug-likeness (QED) is 0.392. The Hall–Kier alpha value is -2.65. The molecule has 5 rings (SSSR count). The highest BCUT2D eigenvalue weighted by Gasteiger charge is 2.42. The predicted molar refractivity (Wildman–Crippen MR) is 129 cm³/mol. The van der Waals surface area contributed by atoms with Crippen LogP contribution < -0.4 is 0 Å². The maximum Gasteiger partial charge on any atom is 0.137 e. The Morgan fingerprint density at radius 3 is 2.79 bits per heavy atom. The second-order valence-corrected chi connectivity index (χ2v) is 10.2. The molecule has 1 N–H and O–H groups in total. The first-order valence-electron chi connectivity index (χ1n) is 11.0. The molecule has 0 saturated heterocycles. The molecule has 176 valence electrons. The first-order chi connectivity index (χ1) is 16.3. The molecule has 0 spiro atoms. The van der Waals surface area contributed by atoms with Gasteiger partial charge in [-0.05, 0) is 48.7 Å². The van der Waals surface area contributed by atoms with Crippen LogP contribution in [0.25, 0.3) is 10.4 Å². The fourth-order valence-electron chi connectivity index (χ4n) is 4.62. The number of fused-ring (bicyclic) bond motifs is 1. The minimum absolute atomic E-state index is 0.0164. The average Bonchev–Trinajstić information content (AvgIpc) is 3.47. The number of thiophene rings is 1. The largest absolute Gasteiger partial charge is 0.381 e. The highest BCUT2D eigenvalue weighted by Crippen LogP contribution is 2.39. The number of rotatable bonds is 6. The van der Waals surface area contributed by atoms with Crippen molar-refractivity contribution in [2.75, 3.05) is 6.54 Å². The summed E-state index contributed by atoms with van der Waals surface area (Å²) >= 11 is 7.93. The maximum absolute atomic E-state index is 14.9. The van der Waals surface area contributed by atoms with E-state index in [-0.39, 0.29) is 12.1 Å². The van der Waals surface area contributed by atoms with Crippen LogP contribution in [0.3, 0.4) is 0 Å². The molecular formula is C25H23ClF2N4OS. The lowest BCUT2D eigenvalue weighted by atomic mass is 9.84. The van der Waals surface area contributed by atoms with Gasteiger partial charge in [-0.1, -0.05) is 29.8 Å². The molecule has 3 heterocycles. The van der Waals surface area contributed by atoms with E-state index in [1.54, 1.807) is 11.3 Å². The minimum atomic E-state index is -1.66. The van der Waals surface area contributed by atoms with Gasteiger partial charge in [0, 0.05) is 45.5 Å². The second-order valence-electron chi connectivity index (χ2n) is 8.61. The number of hydrogen-bond acceptors (Lipinski definition) is 5. The van der Waals surface area contributed by atoms with Crippen molar-refractivity contribution < 1.29 is 13.9 Å². The van der Waals surface area contributed by atoms with E-state index < -0.39 is 23.3 Å². The summed E-state index contributed by atoms with van der Waals surface area (Å²) in [6.07, 6.45) is 3.65. The lowest BCUT2D eigenvalue weighted by Gasteiger charge is -2.42. The van der Waals surface area contributed by atoms with Crippen LogP contribution in [0.2, 0.25) is 5.02 Å². The monoisotopic (exact) mass is 500 g/mol. The van der Waals surface area contributed by atoms with Gasteiger partial charge in [-0.3, -0.25) is 4.90 Å². The zero-order valence-electron chi connectivity index (χ0n) is 18.5. The maximum atomic E-state index is 14.9. The highest BCUT2D eigenvalue weighted by molar-refractivity contribution is 7.15. The summed E-state index contributed by atoms with van der Waals surface area (Å²) in [5, 5.41) is 16.7. The molecule has 0 saturated carbocycles. The third-order valence-electron chi connectivity index (χ3n) is 6.51. The number of nitrogens with zero attached hydrogens (tertiary/aromatic N) is 4. The summed E-state index contributed by atoms with van der Waals surface area (Å²) in [5.41, 5.74) is 0.630. The van der Waals surface area contributed by atoms with Crippen LogP contribution in [0, 0.1) is 11.6 Å². The fourth-order valence-corrected chi connectivity index (χ4v) is 5.97. The molecule has 2 atom stereocenters. The predicted octanol–water partition coefficient (Wildman–Crippen LogP) is 5.27. The number of benzene rings is 2. The van der Waals surface area contributed by atoms with E-state index in [1.165, 1.54) is 39.9 Å². The molecular weight excluding hydrogens is 478 g/mol. The Bertz CT molecular complexity index is 1310. The van der Waals surface area contributed by atoms with Gasteiger partial charge in [-0.15, -0.1) is 11.3 Å². The molecule has 1 aliphatic rings. The Morgan fingerprint density at radius 2 is 2.06 bits per heavy atom. The highest BCUT2D eigenvalue weighted by atomic mass is 35.5. The minimum Gasteiger partial charge on any atom is -0.381 e. The van der Waals surface area contributed by atoms with Gasteiger partial charge in [-0.25, -0.2) is 18.4 Å². The zero-order valence-corrected chi connectivity index (χ0v) is 20.0. The van der Waals surface area contributed by atoms with Crippen molar-refractivity contribution in [1.82, 2.24) is 19.7 Å². The Kier molecular flexibility index (Phi) is 6.24. The van der Waals surface area contributed by atoms with E-state index in [9.17, 15) is 13.9 Å². The Labute approximate surface area is 205 Å².